The zero-order valence-corrected chi connectivity index (χ0v) is 8.99. The first-order chi connectivity index (χ1) is 8.45. The molecule has 1 aliphatic rings. The van der Waals surface area contributed by atoms with Gasteiger partial charge in [0.1, 0.15) is 0 Å². The number of hydrogen-bond acceptors (Lipinski definition) is 4. The zero-order valence-electron chi connectivity index (χ0n) is 8.99. The van der Waals surface area contributed by atoms with Crippen LogP contribution < -0.4 is 0 Å². The Kier molecular flexibility index (Phi) is 2.46. The van der Waals surface area contributed by atoms with Gasteiger partial charge in [-0.05, 0) is 33.7 Å². The molecule has 0 aliphatic carbocycles. The van der Waals surface area contributed by atoms with E-state index in [9.17, 15) is 0 Å². The summed E-state index contributed by atoms with van der Waals surface area (Å²) >= 11 is 0. The lowest BCUT2D eigenvalue weighted by Crippen LogP contribution is -1.92. The lowest BCUT2D eigenvalue weighted by atomic mass is 9.98. The molecular formula is C13H9N4. The molecule has 17 heavy (non-hydrogen) atoms. The number of rotatable bonds is 2. The maximum atomic E-state index is 3.97. The molecular weight excluding hydrogens is 212 g/mol. The highest BCUT2D eigenvalue weighted by Crippen LogP contribution is 2.32. The van der Waals surface area contributed by atoms with Crippen molar-refractivity contribution in [3.05, 3.63) is 60.2 Å². The summed E-state index contributed by atoms with van der Waals surface area (Å²) < 4.78 is 0. The van der Waals surface area contributed by atoms with Crippen molar-refractivity contribution >= 4 is 0 Å². The summed E-state index contributed by atoms with van der Waals surface area (Å²) in [6.45, 7) is 0. The van der Waals surface area contributed by atoms with Crippen LogP contribution in [0.25, 0.3) is 11.1 Å². The molecule has 1 radical (unpaired) electrons. The second-order valence-corrected chi connectivity index (χ2v) is 3.66. The molecule has 0 spiro atoms. The molecule has 4 nitrogen and oxygen atoms in total. The van der Waals surface area contributed by atoms with Crippen LogP contribution in [-0.4, -0.2) is 0 Å². The highest BCUT2D eigenvalue weighted by Gasteiger charge is 2.16. The van der Waals surface area contributed by atoms with Gasteiger partial charge in [-0.2, -0.15) is 0 Å². The van der Waals surface area contributed by atoms with Gasteiger partial charge < -0.3 is 0 Å². The SMILES string of the molecule is [c]1ccc(C2N=NN=N2)c(-c2ccccc2)c1. The van der Waals surface area contributed by atoms with Crippen molar-refractivity contribution in [3.8, 4) is 11.1 Å². The van der Waals surface area contributed by atoms with E-state index >= 15 is 0 Å². The Labute approximate surface area is 98.7 Å². The van der Waals surface area contributed by atoms with E-state index in [4.69, 9.17) is 0 Å². The first-order valence-electron chi connectivity index (χ1n) is 5.30. The smallest absolute Gasteiger partial charge is 0.133 e. The van der Waals surface area contributed by atoms with Crippen molar-refractivity contribution in [2.75, 3.05) is 0 Å². The minimum Gasteiger partial charge on any atom is -0.133 e. The predicted octanol–water partition coefficient (Wildman–Crippen LogP) is 3.99. The fourth-order valence-corrected chi connectivity index (χ4v) is 1.83. The van der Waals surface area contributed by atoms with Gasteiger partial charge in [0.05, 0.1) is 0 Å². The minimum absolute atomic E-state index is 0.320. The third-order valence-corrected chi connectivity index (χ3v) is 2.62. The molecule has 0 unspecified atom stereocenters. The van der Waals surface area contributed by atoms with Gasteiger partial charge in [0.15, 0.2) is 0 Å². The molecule has 0 fully saturated rings. The van der Waals surface area contributed by atoms with Crippen molar-refractivity contribution in [1.82, 2.24) is 0 Å². The van der Waals surface area contributed by atoms with Crippen LogP contribution in [0.2, 0.25) is 0 Å². The van der Waals surface area contributed by atoms with Gasteiger partial charge in [-0.15, -0.1) is 10.2 Å². The molecule has 1 aliphatic heterocycles. The van der Waals surface area contributed by atoms with E-state index in [1.54, 1.807) is 0 Å². The first kappa shape index (κ1) is 9.84. The summed E-state index contributed by atoms with van der Waals surface area (Å²) in [5.74, 6) is 0. The van der Waals surface area contributed by atoms with Crippen LogP contribution in [0.1, 0.15) is 11.7 Å². The molecule has 0 bridgehead atoms. The summed E-state index contributed by atoms with van der Waals surface area (Å²) in [5.41, 5.74) is 3.19. The van der Waals surface area contributed by atoms with Crippen molar-refractivity contribution in [3.63, 3.8) is 0 Å². The fraction of sp³-hybridized carbons (Fsp3) is 0.0769. The molecule has 81 valence electrons. The van der Waals surface area contributed by atoms with E-state index in [1.165, 1.54) is 0 Å². The van der Waals surface area contributed by atoms with E-state index in [1.807, 2.05) is 36.4 Å². The summed E-state index contributed by atoms with van der Waals surface area (Å²) in [5, 5.41) is 15.0. The van der Waals surface area contributed by atoms with Crippen LogP contribution in [0, 0.1) is 6.07 Å². The highest BCUT2D eigenvalue weighted by atomic mass is 15.6. The maximum absolute atomic E-state index is 3.97. The van der Waals surface area contributed by atoms with Gasteiger partial charge in [0.2, 0.25) is 6.17 Å². The molecule has 0 amide bonds. The molecule has 2 aromatic carbocycles. The quantitative estimate of drug-likeness (QED) is 0.736. The molecule has 2 aromatic rings. The van der Waals surface area contributed by atoms with Gasteiger partial charge in [-0.3, -0.25) is 0 Å². The van der Waals surface area contributed by atoms with Gasteiger partial charge in [-0.1, -0.05) is 42.5 Å². The monoisotopic (exact) mass is 221 g/mol. The van der Waals surface area contributed by atoms with Crippen LogP contribution >= 0.6 is 0 Å². The van der Waals surface area contributed by atoms with Crippen LogP contribution in [0.15, 0.2) is 69.2 Å². The Morgan fingerprint density at radius 2 is 1.71 bits per heavy atom. The Hall–Kier alpha value is -2.36. The largest absolute Gasteiger partial charge is 0.211 e. The summed E-state index contributed by atoms with van der Waals surface area (Å²) in [4.78, 5) is 0. The average molecular weight is 221 g/mol. The van der Waals surface area contributed by atoms with E-state index in [0.29, 0.717) is 0 Å². The summed E-state index contributed by atoms with van der Waals surface area (Å²) in [7, 11) is 0. The first-order valence-corrected chi connectivity index (χ1v) is 5.30. The van der Waals surface area contributed by atoms with Gasteiger partial charge >= 0.3 is 0 Å². The normalized spacial score (nSPS) is 14.4. The van der Waals surface area contributed by atoms with Crippen molar-refractivity contribution in [2.24, 2.45) is 20.7 Å². The molecule has 0 N–H and O–H groups in total. The van der Waals surface area contributed by atoms with Gasteiger partial charge in [0, 0.05) is 5.56 Å². The van der Waals surface area contributed by atoms with E-state index in [2.05, 4.69) is 38.9 Å². The highest BCUT2D eigenvalue weighted by molar-refractivity contribution is 5.67. The van der Waals surface area contributed by atoms with E-state index < -0.39 is 0 Å². The maximum Gasteiger partial charge on any atom is 0.211 e. The van der Waals surface area contributed by atoms with Crippen molar-refractivity contribution in [2.45, 2.75) is 6.17 Å². The third kappa shape index (κ3) is 1.85. The molecule has 0 saturated heterocycles. The average Bonchev–Trinajstić information content (AvgIpc) is 2.94. The van der Waals surface area contributed by atoms with Crippen LogP contribution in [-0.2, 0) is 0 Å². The van der Waals surface area contributed by atoms with E-state index in [-0.39, 0.29) is 6.17 Å². The van der Waals surface area contributed by atoms with E-state index in [0.717, 1.165) is 16.7 Å². The third-order valence-electron chi connectivity index (χ3n) is 2.62. The minimum atomic E-state index is -0.320. The molecule has 0 aromatic heterocycles. The Morgan fingerprint density at radius 3 is 2.47 bits per heavy atom. The Balaban J connectivity index is 2.11. The molecule has 4 heteroatoms. The van der Waals surface area contributed by atoms with Gasteiger partial charge in [0.25, 0.3) is 0 Å². The van der Waals surface area contributed by atoms with Crippen LogP contribution in [0.4, 0.5) is 0 Å². The number of benzene rings is 2. The van der Waals surface area contributed by atoms with Crippen LogP contribution in [0.3, 0.4) is 0 Å². The second-order valence-electron chi connectivity index (χ2n) is 3.66. The molecule has 0 atom stereocenters. The predicted molar refractivity (Wildman–Crippen MR) is 63.2 cm³/mol. The van der Waals surface area contributed by atoms with Crippen molar-refractivity contribution in [1.29, 1.82) is 0 Å². The Bertz CT molecular complexity index is 563. The van der Waals surface area contributed by atoms with Crippen molar-refractivity contribution < 1.29 is 0 Å². The Morgan fingerprint density at radius 1 is 0.941 bits per heavy atom. The standard InChI is InChI=1S/C13H9N4/c1-2-6-10(7-3-1)11-8-4-5-9-12(11)13-14-16-17-15-13/h1-3,5-9,13H. The summed E-state index contributed by atoms with van der Waals surface area (Å²) in [6.07, 6.45) is -0.320. The second kappa shape index (κ2) is 4.25. The molecule has 0 saturated carbocycles. The molecule has 3 rings (SSSR count). The zero-order chi connectivity index (χ0) is 11.5. The molecule has 1 heterocycles. The number of hydrogen-bond donors (Lipinski definition) is 0. The van der Waals surface area contributed by atoms with Gasteiger partial charge in [-0.25, -0.2) is 0 Å². The lowest BCUT2D eigenvalue weighted by molar-refractivity contribution is 0.767. The lowest BCUT2D eigenvalue weighted by Gasteiger charge is -2.09. The number of nitrogens with zero attached hydrogens (tertiary/aromatic N) is 4. The topological polar surface area (TPSA) is 49.4 Å². The van der Waals surface area contributed by atoms with Crippen LogP contribution in [0.5, 0.6) is 0 Å². The summed E-state index contributed by atoms with van der Waals surface area (Å²) in [6, 6.07) is 18.9. The fourth-order valence-electron chi connectivity index (χ4n) is 1.83.